The van der Waals surface area contributed by atoms with E-state index in [-0.39, 0.29) is 17.2 Å². The topological polar surface area (TPSA) is 95.6 Å². The number of hydrogen-bond donors (Lipinski definition) is 1. The van der Waals surface area contributed by atoms with Gasteiger partial charge in [0.2, 0.25) is 0 Å². The fraction of sp³-hybridized carbons (Fsp3) is 0.188. The highest BCUT2D eigenvalue weighted by molar-refractivity contribution is 7.07. The van der Waals surface area contributed by atoms with Gasteiger partial charge in [-0.2, -0.15) is 4.99 Å². The number of nitrogens with one attached hydrogen (secondary N) is 1. The Kier molecular flexibility index (Phi) is 9.37. The summed E-state index contributed by atoms with van der Waals surface area (Å²) in [6.07, 6.45) is -2.44. The Labute approximate surface area is 265 Å². The lowest BCUT2D eigenvalue weighted by molar-refractivity contribution is -0.274. The van der Waals surface area contributed by atoms with E-state index >= 15 is 0 Å². The minimum absolute atomic E-state index is 0.198. The summed E-state index contributed by atoms with van der Waals surface area (Å²) in [5.74, 6) is 0.133. The second kappa shape index (κ2) is 13.4. The average Bonchev–Trinajstić information content (AvgIpc) is 3.66. The zero-order valence-electron chi connectivity index (χ0n) is 25.0. The van der Waals surface area contributed by atoms with E-state index in [0.717, 1.165) is 23.1 Å². The van der Waals surface area contributed by atoms with Crippen LogP contribution in [-0.2, 0) is 0 Å². The summed E-state index contributed by atoms with van der Waals surface area (Å²) in [5, 5.41) is 8.61. The van der Waals surface area contributed by atoms with E-state index in [0.29, 0.717) is 27.6 Å². The van der Waals surface area contributed by atoms with Crippen molar-refractivity contribution in [2.45, 2.75) is 33.1 Å². The Morgan fingerprint density at radius 1 is 1.04 bits per heavy atom. The lowest BCUT2D eigenvalue weighted by Gasteiger charge is -2.16. The number of rotatable bonds is 8. The van der Waals surface area contributed by atoms with Crippen LogP contribution in [0, 0.1) is 6.92 Å². The third kappa shape index (κ3) is 7.51. The van der Waals surface area contributed by atoms with Crippen LogP contribution in [0.4, 0.5) is 22.4 Å². The molecule has 3 aromatic carbocycles. The van der Waals surface area contributed by atoms with Crippen LogP contribution in [0.15, 0.2) is 89.6 Å². The fourth-order valence-electron chi connectivity index (χ4n) is 4.52. The first-order valence-corrected chi connectivity index (χ1v) is 14.7. The number of halogens is 4. The smallest absolute Gasteiger partial charge is 0.497 e. The predicted octanol–water partition coefficient (Wildman–Crippen LogP) is 7.70. The van der Waals surface area contributed by atoms with Gasteiger partial charge in [0.15, 0.2) is 10.6 Å². The number of ether oxygens (including phenoxy) is 2. The molecule has 1 N–H and O–H groups in total. The maximum atomic E-state index is 15.0. The average molecular weight is 653 g/mol. The molecule has 0 saturated heterocycles. The normalized spacial score (nSPS) is 12.5. The van der Waals surface area contributed by atoms with Gasteiger partial charge in [-0.3, -0.25) is 4.57 Å². The van der Waals surface area contributed by atoms with Crippen LogP contribution < -0.4 is 19.6 Å². The first kappa shape index (κ1) is 32.2. The molecule has 238 valence electrons. The summed E-state index contributed by atoms with van der Waals surface area (Å²) in [6, 6.07) is 16.4. The number of nitrogens with zero attached hydrogens (tertiary/aromatic N) is 5. The highest BCUT2D eigenvalue weighted by Crippen LogP contribution is 2.28. The largest absolute Gasteiger partial charge is 0.573 e. The quantitative estimate of drug-likeness (QED) is 0.173. The molecule has 0 spiro atoms. The Balaban J connectivity index is 1.29. The minimum Gasteiger partial charge on any atom is -0.497 e. The van der Waals surface area contributed by atoms with Crippen LogP contribution in [0.25, 0.3) is 28.6 Å². The molecule has 0 bridgehead atoms. The van der Waals surface area contributed by atoms with Crippen LogP contribution in [0.5, 0.6) is 11.5 Å². The Morgan fingerprint density at radius 2 is 1.74 bits per heavy atom. The van der Waals surface area contributed by atoms with Crippen LogP contribution in [-0.4, -0.2) is 38.8 Å². The number of urea groups is 1. The van der Waals surface area contributed by atoms with Gasteiger partial charge in [-0.1, -0.05) is 44.2 Å². The SMILES string of the molecule is COc1ccc(C(C)C)c(-n2c(C)csc2=NC(=O)N/C=C(\F)c2ccc(-c3ncn(-c4ccc(OC(F)(F)F)cc4)n3)cc2)c1. The molecular formula is C32H28F4N6O3S. The van der Waals surface area contributed by atoms with E-state index in [2.05, 4.69) is 39.0 Å². The molecule has 0 radical (unpaired) electrons. The van der Waals surface area contributed by atoms with E-state index in [4.69, 9.17) is 4.74 Å². The zero-order chi connectivity index (χ0) is 33.0. The first-order chi connectivity index (χ1) is 21.9. The highest BCUT2D eigenvalue weighted by atomic mass is 32.1. The van der Waals surface area contributed by atoms with Gasteiger partial charge in [-0.25, -0.2) is 18.9 Å². The maximum absolute atomic E-state index is 15.0. The van der Waals surface area contributed by atoms with Crippen molar-refractivity contribution < 1.29 is 31.8 Å². The molecule has 2 heterocycles. The molecule has 0 fully saturated rings. The number of amides is 2. The van der Waals surface area contributed by atoms with Crippen molar-refractivity contribution in [3.63, 3.8) is 0 Å². The number of carbonyl (C=O) groups excluding carboxylic acids is 1. The Morgan fingerprint density at radius 3 is 2.39 bits per heavy atom. The summed E-state index contributed by atoms with van der Waals surface area (Å²) in [6.45, 7) is 6.06. The molecule has 9 nitrogen and oxygen atoms in total. The molecule has 14 heteroatoms. The first-order valence-electron chi connectivity index (χ1n) is 13.9. The van der Waals surface area contributed by atoms with Gasteiger partial charge in [-0.05, 0) is 48.7 Å². The van der Waals surface area contributed by atoms with E-state index in [9.17, 15) is 22.4 Å². The lowest BCUT2D eigenvalue weighted by Crippen LogP contribution is -2.22. The van der Waals surface area contributed by atoms with Gasteiger partial charge in [0.1, 0.15) is 23.7 Å². The van der Waals surface area contributed by atoms with E-state index in [1.807, 2.05) is 35.1 Å². The predicted molar refractivity (Wildman–Crippen MR) is 166 cm³/mol. The number of hydrogen-bond acceptors (Lipinski definition) is 6. The standard InChI is InChI=1S/C32H28F4N6O3S/c1-19(2)26-14-13-25(44-4)15-28(26)42-20(3)17-46-31(42)39-30(43)37-16-27(33)21-5-7-22(8-6-21)29-38-18-41(40-29)23-9-11-24(12-10-23)45-32(34,35)36/h5-19H,1-4H3,(H,37,43)/b27-16-,39-31?. The van der Waals surface area contributed by atoms with Gasteiger partial charge in [-0.15, -0.1) is 29.6 Å². The van der Waals surface area contributed by atoms with Crippen molar-refractivity contribution in [2.75, 3.05) is 7.11 Å². The summed E-state index contributed by atoms with van der Waals surface area (Å²) in [7, 11) is 1.59. The van der Waals surface area contributed by atoms with Crippen LogP contribution in [0.2, 0.25) is 0 Å². The summed E-state index contributed by atoms with van der Waals surface area (Å²) in [4.78, 5) is 21.6. The number of carbonyl (C=O) groups is 1. The van der Waals surface area contributed by atoms with Crippen molar-refractivity contribution in [1.82, 2.24) is 24.6 Å². The number of aryl methyl sites for hydroxylation is 1. The van der Waals surface area contributed by atoms with Crippen LogP contribution in [0.3, 0.4) is 0 Å². The van der Waals surface area contributed by atoms with E-state index in [1.54, 1.807) is 19.2 Å². The molecule has 2 aromatic heterocycles. The van der Waals surface area contributed by atoms with Crippen molar-refractivity contribution in [1.29, 1.82) is 0 Å². The zero-order valence-corrected chi connectivity index (χ0v) is 25.9. The molecular weight excluding hydrogens is 624 g/mol. The van der Waals surface area contributed by atoms with Crippen molar-refractivity contribution in [3.8, 4) is 34.3 Å². The maximum Gasteiger partial charge on any atom is 0.573 e. The second-order valence-corrected chi connectivity index (χ2v) is 11.1. The van der Waals surface area contributed by atoms with Gasteiger partial charge in [0, 0.05) is 34.5 Å². The van der Waals surface area contributed by atoms with Crippen molar-refractivity contribution in [3.05, 3.63) is 106 Å². The minimum atomic E-state index is -4.79. The summed E-state index contributed by atoms with van der Waals surface area (Å²) in [5.41, 5.74) is 4.00. The molecule has 0 aliphatic carbocycles. The third-order valence-corrected chi connectivity index (χ3v) is 7.69. The molecule has 5 aromatic rings. The van der Waals surface area contributed by atoms with E-state index in [1.165, 1.54) is 58.7 Å². The van der Waals surface area contributed by atoms with Gasteiger partial charge in [0.05, 0.1) is 18.5 Å². The number of methoxy groups -OCH3 is 1. The number of thiazole rings is 1. The van der Waals surface area contributed by atoms with Gasteiger partial charge >= 0.3 is 12.4 Å². The number of alkyl halides is 3. The Bertz CT molecular complexity index is 1940. The van der Waals surface area contributed by atoms with E-state index < -0.39 is 18.2 Å². The second-order valence-electron chi connectivity index (χ2n) is 10.3. The van der Waals surface area contributed by atoms with Gasteiger partial charge in [0.25, 0.3) is 0 Å². The summed E-state index contributed by atoms with van der Waals surface area (Å²) >= 11 is 1.29. The molecule has 0 aliphatic heterocycles. The van der Waals surface area contributed by atoms with Crippen LogP contribution >= 0.6 is 11.3 Å². The molecule has 0 atom stereocenters. The monoisotopic (exact) mass is 652 g/mol. The van der Waals surface area contributed by atoms with Crippen LogP contribution in [0.1, 0.15) is 36.6 Å². The molecule has 46 heavy (non-hydrogen) atoms. The van der Waals surface area contributed by atoms with Crippen molar-refractivity contribution in [2.24, 2.45) is 4.99 Å². The molecule has 0 unspecified atom stereocenters. The molecule has 0 aliphatic rings. The highest BCUT2D eigenvalue weighted by Gasteiger charge is 2.31. The number of aromatic nitrogens is 4. The molecule has 5 rings (SSSR count). The number of benzene rings is 3. The Hall–Kier alpha value is -5.24. The molecule has 0 saturated carbocycles. The van der Waals surface area contributed by atoms with Crippen molar-refractivity contribution >= 4 is 23.2 Å². The van der Waals surface area contributed by atoms with Gasteiger partial charge < -0.3 is 14.8 Å². The fourth-order valence-corrected chi connectivity index (χ4v) is 5.39. The molecule has 2 amide bonds. The lowest BCUT2D eigenvalue weighted by atomic mass is 10.0. The summed E-state index contributed by atoms with van der Waals surface area (Å²) < 4.78 is 64.8. The third-order valence-electron chi connectivity index (χ3n) is 6.74.